The average Bonchev–Trinajstić information content (AvgIpc) is 2.53. The maximum absolute atomic E-state index is 12.2. The van der Waals surface area contributed by atoms with Gasteiger partial charge in [-0.1, -0.05) is 22.0 Å². The maximum Gasteiger partial charge on any atom is 0.349 e. The number of carbonyl (C=O) groups is 1. The van der Waals surface area contributed by atoms with E-state index in [9.17, 15) is 9.59 Å². The lowest BCUT2D eigenvalue weighted by molar-refractivity contribution is 0.0947. The van der Waals surface area contributed by atoms with Crippen molar-refractivity contribution in [2.24, 2.45) is 0 Å². The maximum atomic E-state index is 12.2. The molecule has 0 saturated carbocycles. The van der Waals surface area contributed by atoms with Crippen molar-refractivity contribution in [1.82, 2.24) is 10.3 Å². The summed E-state index contributed by atoms with van der Waals surface area (Å²) < 4.78 is 6.01. The van der Waals surface area contributed by atoms with Crippen LogP contribution in [0.2, 0.25) is 0 Å². The summed E-state index contributed by atoms with van der Waals surface area (Å²) in [5, 5.41) is 3.37. The second kappa shape index (κ2) is 6.11. The van der Waals surface area contributed by atoms with Crippen LogP contribution in [-0.4, -0.2) is 10.9 Å². The highest BCUT2D eigenvalue weighted by Gasteiger charge is 2.13. The van der Waals surface area contributed by atoms with Crippen LogP contribution >= 0.6 is 15.9 Å². The van der Waals surface area contributed by atoms with E-state index in [1.54, 1.807) is 36.7 Å². The van der Waals surface area contributed by atoms with Crippen molar-refractivity contribution in [3.8, 4) is 0 Å². The first-order valence-electron chi connectivity index (χ1n) is 6.54. The lowest BCUT2D eigenvalue weighted by Crippen LogP contribution is -2.27. The van der Waals surface area contributed by atoms with Crippen LogP contribution in [0.5, 0.6) is 0 Å². The highest BCUT2D eigenvalue weighted by atomic mass is 79.9. The molecule has 0 radical (unpaired) electrons. The number of halogens is 1. The number of aromatic nitrogens is 1. The van der Waals surface area contributed by atoms with Crippen molar-refractivity contribution < 1.29 is 9.21 Å². The van der Waals surface area contributed by atoms with Crippen LogP contribution < -0.4 is 10.9 Å². The Labute approximate surface area is 134 Å². The van der Waals surface area contributed by atoms with Crippen LogP contribution in [0.15, 0.2) is 62.5 Å². The first-order chi connectivity index (χ1) is 10.6. The van der Waals surface area contributed by atoms with Crippen LogP contribution in [0, 0.1) is 0 Å². The molecule has 0 saturated heterocycles. The van der Waals surface area contributed by atoms with Gasteiger partial charge in [0.25, 0.3) is 5.91 Å². The van der Waals surface area contributed by atoms with E-state index >= 15 is 0 Å². The molecule has 0 bridgehead atoms. The molecule has 6 heteroatoms. The standard InChI is InChI=1S/C16H11BrN2O3/c17-12-3-4-14-11(6-12)7-13(16(21)22-14)15(20)19-9-10-2-1-5-18-8-10/h1-8H,9H2,(H,19,20). The number of hydrogen-bond donors (Lipinski definition) is 1. The predicted molar refractivity (Wildman–Crippen MR) is 85.6 cm³/mol. The van der Waals surface area contributed by atoms with Crippen LogP contribution in [0.3, 0.4) is 0 Å². The van der Waals surface area contributed by atoms with Gasteiger partial charge in [-0.15, -0.1) is 0 Å². The summed E-state index contributed by atoms with van der Waals surface area (Å²) in [5.74, 6) is -0.473. The van der Waals surface area contributed by atoms with E-state index < -0.39 is 11.5 Å². The van der Waals surface area contributed by atoms with E-state index in [4.69, 9.17) is 4.42 Å². The number of hydrogen-bond acceptors (Lipinski definition) is 4. The zero-order valence-electron chi connectivity index (χ0n) is 11.4. The summed E-state index contributed by atoms with van der Waals surface area (Å²) in [5.41, 5.74) is 0.619. The summed E-state index contributed by atoms with van der Waals surface area (Å²) in [7, 11) is 0. The van der Waals surface area contributed by atoms with Gasteiger partial charge in [-0.2, -0.15) is 0 Å². The molecule has 22 heavy (non-hydrogen) atoms. The second-order valence-corrected chi connectivity index (χ2v) is 5.59. The third-order valence-electron chi connectivity index (χ3n) is 3.11. The minimum absolute atomic E-state index is 0.0190. The third kappa shape index (κ3) is 3.07. The molecule has 0 fully saturated rings. The highest BCUT2D eigenvalue weighted by Crippen LogP contribution is 2.19. The number of nitrogens with one attached hydrogen (secondary N) is 1. The minimum Gasteiger partial charge on any atom is -0.422 e. The monoisotopic (exact) mass is 358 g/mol. The molecule has 1 N–H and O–H groups in total. The molecule has 3 aromatic rings. The van der Waals surface area contributed by atoms with Crippen molar-refractivity contribution >= 4 is 32.8 Å². The van der Waals surface area contributed by atoms with E-state index in [1.165, 1.54) is 6.07 Å². The molecule has 1 amide bonds. The number of nitrogens with zero attached hydrogens (tertiary/aromatic N) is 1. The summed E-state index contributed by atoms with van der Waals surface area (Å²) in [6, 6.07) is 10.4. The van der Waals surface area contributed by atoms with Gasteiger partial charge in [0.2, 0.25) is 0 Å². The highest BCUT2D eigenvalue weighted by molar-refractivity contribution is 9.10. The Kier molecular flexibility index (Phi) is 4.02. The number of amides is 1. The third-order valence-corrected chi connectivity index (χ3v) is 3.61. The van der Waals surface area contributed by atoms with E-state index in [1.807, 2.05) is 6.07 Å². The molecule has 0 atom stereocenters. The van der Waals surface area contributed by atoms with E-state index in [2.05, 4.69) is 26.2 Å². The van der Waals surface area contributed by atoms with Gasteiger partial charge in [-0.25, -0.2) is 4.79 Å². The van der Waals surface area contributed by atoms with Crippen LogP contribution in [0.4, 0.5) is 0 Å². The predicted octanol–water partition coefficient (Wildman–Crippen LogP) is 2.88. The van der Waals surface area contributed by atoms with Gasteiger partial charge in [-0.3, -0.25) is 9.78 Å². The van der Waals surface area contributed by atoms with Gasteiger partial charge >= 0.3 is 5.63 Å². The molecule has 0 aliphatic rings. The van der Waals surface area contributed by atoms with Crippen molar-refractivity contribution in [2.75, 3.05) is 0 Å². The summed E-state index contributed by atoms with van der Waals surface area (Å²) in [6.45, 7) is 0.294. The molecule has 0 spiro atoms. The molecular weight excluding hydrogens is 348 g/mol. The molecule has 2 heterocycles. The lowest BCUT2D eigenvalue weighted by atomic mass is 10.1. The van der Waals surface area contributed by atoms with Crippen molar-refractivity contribution in [3.63, 3.8) is 0 Å². The Morgan fingerprint density at radius 1 is 1.27 bits per heavy atom. The molecule has 0 aliphatic heterocycles. The normalized spacial score (nSPS) is 10.6. The summed E-state index contributed by atoms with van der Waals surface area (Å²) >= 11 is 3.35. The molecule has 3 rings (SSSR count). The molecule has 1 aromatic carbocycles. The van der Waals surface area contributed by atoms with Crippen LogP contribution in [0.1, 0.15) is 15.9 Å². The summed E-state index contributed by atoms with van der Waals surface area (Å²) in [4.78, 5) is 28.1. The van der Waals surface area contributed by atoms with Gasteiger partial charge in [0, 0.05) is 28.8 Å². The molecular formula is C16H11BrN2O3. The number of rotatable bonds is 3. The first-order valence-corrected chi connectivity index (χ1v) is 7.33. The number of pyridine rings is 1. The Bertz CT molecular complexity index is 891. The van der Waals surface area contributed by atoms with Gasteiger partial charge in [0.1, 0.15) is 11.1 Å². The Morgan fingerprint density at radius 3 is 2.91 bits per heavy atom. The fraction of sp³-hybridized carbons (Fsp3) is 0.0625. The van der Waals surface area contributed by atoms with Crippen molar-refractivity contribution in [3.05, 3.63) is 74.8 Å². The number of benzene rings is 1. The smallest absolute Gasteiger partial charge is 0.349 e. The molecule has 0 aliphatic carbocycles. The molecule has 0 unspecified atom stereocenters. The van der Waals surface area contributed by atoms with E-state index in [0.717, 1.165) is 10.0 Å². The van der Waals surface area contributed by atoms with Gasteiger partial charge in [-0.05, 0) is 35.9 Å². The first kappa shape index (κ1) is 14.5. The van der Waals surface area contributed by atoms with Crippen LogP contribution in [0.25, 0.3) is 11.0 Å². The molecule has 5 nitrogen and oxygen atoms in total. The SMILES string of the molecule is O=C(NCc1cccnc1)c1cc2cc(Br)ccc2oc1=O. The fourth-order valence-corrected chi connectivity index (χ4v) is 2.41. The lowest BCUT2D eigenvalue weighted by Gasteiger charge is -2.05. The van der Waals surface area contributed by atoms with Gasteiger partial charge in [0.05, 0.1) is 0 Å². The zero-order chi connectivity index (χ0) is 15.5. The van der Waals surface area contributed by atoms with Crippen LogP contribution in [-0.2, 0) is 6.54 Å². The van der Waals surface area contributed by atoms with Crippen molar-refractivity contribution in [1.29, 1.82) is 0 Å². The largest absolute Gasteiger partial charge is 0.422 e. The summed E-state index contributed by atoms with van der Waals surface area (Å²) in [6.07, 6.45) is 3.31. The zero-order valence-corrected chi connectivity index (χ0v) is 13.0. The molecule has 2 aromatic heterocycles. The Hall–Kier alpha value is -2.47. The van der Waals surface area contributed by atoms with E-state index in [0.29, 0.717) is 17.5 Å². The Morgan fingerprint density at radius 2 is 2.14 bits per heavy atom. The molecule has 110 valence electrons. The average molecular weight is 359 g/mol. The number of fused-ring (bicyclic) bond motifs is 1. The van der Waals surface area contributed by atoms with Gasteiger partial charge in [0.15, 0.2) is 0 Å². The Balaban J connectivity index is 1.87. The second-order valence-electron chi connectivity index (χ2n) is 4.67. The quantitative estimate of drug-likeness (QED) is 0.730. The van der Waals surface area contributed by atoms with Crippen molar-refractivity contribution in [2.45, 2.75) is 6.54 Å². The topological polar surface area (TPSA) is 72.2 Å². The fourth-order valence-electron chi connectivity index (χ4n) is 2.03. The van der Waals surface area contributed by atoms with E-state index in [-0.39, 0.29) is 5.56 Å². The minimum atomic E-state index is -0.654. The van der Waals surface area contributed by atoms with Gasteiger partial charge < -0.3 is 9.73 Å². The number of carbonyl (C=O) groups excluding carboxylic acids is 1.